The standard InChI is InChI=1S/C15H24N2O.ClH/c1-12(16)9-13-5-6-15(18)14(10-13)11-17-7-3-2-4-8-17;/h5-6,10,12,18H,2-4,7-9,11,16H2,1H3;1H. The Kier molecular flexibility index (Phi) is 6.63. The third kappa shape index (κ3) is 5.01. The van der Waals surface area contributed by atoms with Crippen LogP contribution in [0, 0.1) is 0 Å². The molecule has 3 nitrogen and oxygen atoms in total. The van der Waals surface area contributed by atoms with Gasteiger partial charge in [-0.3, -0.25) is 4.90 Å². The van der Waals surface area contributed by atoms with Crippen molar-refractivity contribution in [3.05, 3.63) is 29.3 Å². The molecule has 1 aromatic carbocycles. The summed E-state index contributed by atoms with van der Waals surface area (Å²) in [5, 5.41) is 9.94. The highest BCUT2D eigenvalue weighted by Crippen LogP contribution is 2.22. The summed E-state index contributed by atoms with van der Waals surface area (Å²) >= 11 is 0. The topological polar surface area (TPSA) is 49.5 Å². The van der Waals surface area contributed by atoms with Crippen LogP contribution in [0.2, 0.25) is 0 Å². The number of halogens is 1. The minimum absolute atomic E-state index is 0. The fraction of sp³-hybridized carbons (Fsp3) is 0.600. The van der Waals surface area contributed by atoms with Gasteiger partial charge in [0.1, 0.15) is 5.75 Å². The van der Waals surface area contributed by atoms with Crippen molar-refractivity contribution in [3.8, 4) is 5.75 Å². The molecule has 1 aliphatic rings. The number of likely N-dealkylation sites (tertiary alicyclic amines) is 1. The Labute approximate surface area is 122 Å². The van der Waals surface area contributed by atoms with E-state index < -0.39 is 0 Å². The SMILES string of the molecule is CC(N)Cc1ccc(O)c(CN2CCCCC2)c1.Cl. The van der Waals surface area contributed by atoms with Crippen molar-refractivity contribution in [1.29, 1.82) is 0 Å². The second kappa shape index (κ2) is 7.73. The molecule has 1 atom stereocenters. The van der Waals surface area contributed by atoms with Gasteiger partial charge >= 0.3 is 0 Å². The van der Waals surface area contributed by atoms with Crippen LogP contribution in [0.5, 0.6) is 5.75 Å². The van der Waals surface area contributed by atoms with Crippen molar-refractivity contribution in [1.82, 2.24) is 4.90 Å². The molecule has 108 valence electrons. The lowest BCUT2D eigenvalue weighted by Crippen LogP contribution is -2.29. The minimum atomic E-state index is 0. The summed E-state index contributed by atoms with van der Waals surface area (Å²) in [5.41, 5.74) is 8.08. The van der Waals surface area contributed by atoms with E-state index in [1.807, 2.05) is 13.0 Å². The number of phenolic OH excluding ortho intramolecular Hbond substituents is 1. The first-order chi connectivity index (χ1) is 8.65. The van der Waals surface area contributed by atoms with Gasteiger partial charge in [0.15, 0.2) is 0 Å². The van der Waals surface area contributed by atoms with Crippen LogP contribution in [0.1, 0.15) is 37.3 Å². The molecule has 0 aliphatic carbocycles. The van der Waals surface area contributed by atoms with Crippen LogP contribution in [-0.2, 0) is 13.0 Å². The lowest BCUT2D eigenvalue weighted by atomic mass is 10.0. The predicted octanol–water partition coefficient (Wildman–Crippen LogP) is 2.69. The van der Waals surface area contributed by atoms with Crippen LogP contribution >= 0.6 is 12.4 Å². The van der Waals surface area contributed by atoms with Crippen molar-refractivity contribution >= 4 is 12.4 Å². The predicted molar refractivity (Wildman–Crippen MR) is 81.8 cm³/mol. The molecule has 0 bridgehead atoms. The van der Waals surface area contributed by atoms with Crippen molar-refractivity contribution in [2.75, 3.05) is 13.1 Å². The first-order valence-corrected chi connectivity index (χ1v) is 6.94. The second-order valence-corrected chi connectivity index (χ2v) is 5.48. The summed E-state index contributed by atoms with van der Waals surface area (Å²) in [6.45, 7) is 5.17. The molecule has 0 radical (unpaired) electrons. The Morgan fingerprint density at radius 1 is 1.26 bits per heavy atom. The number of piperidine rings is 1. The number of hydrogen-bond acceptors (Lipinski definition) is 3. The second-order valence-electron chi connectivity index (χ2n) is 5.48. The van der Waals surface area contributed by atoms with Gasteiger partial charge in [0.2, 0.25) is 0 Å². The van der Waals surface area contributed by atoms with Gasteiger partial charge in [0.25, 0.3) is 0 Å². The molecule has 3 N–H and O–H groups in total. The van der Waals surface area contributed by atoms with Gasteiger partial charge in [-0.05, 0) is 50.9 Å². The average molecular weight is 285 g/mol. The molecule has 0 saturated carbocycles. The summed E-state index contributed by atoms with van der Waals surface area (Å²) in [5.74, 6) is 0.411. The molecule has 19 heavy (non-hydrogen) atoms. The number of nitrogens with two attached hydrogens (primary N) is 1. The summed E-state index contributed by atoms with van der Waals surface area (Å²) in [4.78, 5) is 2.42. The maximum absolute atomic E-state index is 9.94. The maximum Gasteiger partial charge on any atom is 0.120 e. The lowest BCUT2D eigenvalue weighted by molar-refractivity contribution is 0.218. The smallest absolute Gasteiger partial charge is 0.120 e. The summed E-state index contributed by atoms with van der Waals surface area (Å²) < 4.78 is 0. The van der Waals surface area contributed by atoms with Crippen molar-refractivity contribution in [3.63, 3.8) is 0 Å². The highest BCUT2D eigenvalue weighted by Gasteiger charge is 2.13. The first-order valence-electron chi connectivity index (χ1n) is 6.94. The third-order valence-corrected chi connectivity index (χ3v) is 3.54. The van der Waals surface area contributed by atoms with Gasteiger partial charge in [0, 0.05) is 18.2 Å². The molecule has 1 heterocycles. The first kappa shape index (κ1) is 16.3. The zero-order valence-corrected chi connectivity index (χ0v) is 12.5. The highest BCUT2D eigenvalue weighted by atomic mass is 35.5. The van der Waals surface area contributed by atoms with E-state index in [1.54, 1.807) is 6.07 Å². The molecule has 4 heteroatoms. The fourth-order valence-electron chi connectivity index (χ4n) is 2.62. The molecule has 1 aromatic rings. The molecule has 0 amide bonds. The van der Waals surface area contributed by atoms with E-state index in [0.29, 0.717) is 5.75 Å². The molecule has 1 fully saturated rings. The Bertz CT molecular complexity index is 390. The Balaban J connectivity index is 0.00000180. The van der Waals surface area contributed by atoms with Crippen molar-refractivity contribution in [2.45, 2.75) is 45.2 Å². The van der Waals surface area contributed by atoms with E-state index in [9.17, 15) is 5.11 Å². The number of aromatic hydroxyl groups is 1. The summed E-state index contributed by atoms with van der Waals surface area (Å²) in [6.07, 6.45) is 4.76. The van der Waals surface area contributed by atoms with Gasteiger partial charge < -0.3 is 10.8 Å². The Morgan fingerprint density at radius 3 is 2.58 bits per heavy atom. The molecule has 0 aromatic heterocycles. The number of phenols is 1. The van der Waals surface area contributed by atoms with Gasteiger partial charge in [-0.15, -0.1) is 12.4 Å². The number of rotatable bonds is 4. The van der Waals surface area contributed by atoms with Gasteiger partial charge in [-0.2, -0.15) is 0 Å². The van der Waals surface area contributed by atoms with Gasteiger partial charge in [-0.25, -0.2) is 0 Å². The van der Waals surface area contributed by atoms with E-state index in [2.05, 4.69) is 11.0 Å². The van der Waals surface area contributed by atoms with Crippen LogP contribution in [0.4, 0.5) is 0 Å². The van der Waals surface area contributed by atoms with Crippen LogP contribution in [0.25, 0.3) is 0 Å². The van der Waals surface area contributed by atoms with E-state index in [4.69, 9.17) is 5.73 Å². The van der Waals surface area contributed by atoms with Crippen molar-refractivity contribution < 1.29 is 5.11 Å². The highest BCUT2D eigenvalue weighted by molar-refractivity contribution is 5.85. The molecule has 1 aliphatic heterocycles. The molecule has 0 spiro atoms. The third-order valence-electron chi connectivity index (χ3n) is 3.54. The molecular weight excluding hydrogens is 260 g/mol. The van der Waals surface area contributed by atoms with Crippen molar-refractivity contribution in [2.24, 2.45) is 5.73 Å². The summed E-state index contributed by atoms with van der Waals surface area (Å²) in [6, 6.07) is 6.04. The van der Waals surface area contributed by atoms with Crippen LogP contribution in [0.15, 0.2) is 18.2 Å². The van der Waals surface area contributed by atoms with Crippen LogP contribution in [-0.4, -0.2) is 29.1 Å². The largest absolute Gasteiger partial charge is 0.508 e. The lowest BCUT2D eigenvalue weighted by Gasteiger charge is -2.26. The van der Waals surface area contributed by atoms with E-state index >= 15 is 0 Å². The molecular formula is C15H25ClN2O. The monoisotopic (exact) mass is 284 g/mol. The van der Waals surface area contributed by atoms with Crippen LogP contribution < -0.4 is 5.73 Å². The Hall–Kier alpha value is -0.770. The zero-order valence-electron chi connectivity index (χ0n) is 11.6. The molecule has 1 saturated heterocycles. The number of nitrogens with zero attached hydrogens (tertiary/aromatic N) is 1. The fourth-order valence-corrected chi connectivity index (χ4v) is 2.62. The van der Waals surface area contributed by atoms with E-state index in [1.165, 1.54) is 24.8 Å². The summed E-state index contributed by atoms with van der Waals surface area (Å²) in [7, 11) is 0. The maximum atomic E-state index is 9.94. The van der Waals surface area contributed by atoms with Crippen LogP contribution in [0.3, 0.4) is 0 Å². The molecule has 1 unspecified atom stereocenters. The quantitative estimate of drug-likeness (QED) is 0.894. The average Bonchev–Trinajstić information content (AvgIpc) is 2.34. The van der Waals surface area contributed by atoms with E-state index in [0.717, 1.165) is 31.6 Å². The minimum Gasteiger partial charge on any atom is -0.508 e. The number of hydrogen-bond donors (Lipinski definition) is 2. The molecule has 2 rings (SSSR count). The normalized spacial score (nSPS) is 17.8. The van der Waals surface area contributed by atoms with Gasteiger partial charge in [0.05, 0.1) is 0 Å². The zero-order chi connectivity index (χ0) is 13.0. The number of benzene rings is 1. The van der Waals surface area contributed by atoms with E-state index in [-0.39, 0.29) is 18.4 Å². The van der Waals surface area contributed by atoms with Gasteiger partial charge in [-0.1, -0.05) is 18.6 Å². The Morgan fingerprint density at radius 2 is 1.95 bits per heavy atom.